The lowest BCUT2D eigenvalue weighted by Crippen LogP contribution is -2.42. The lowest BCUT2D eigenvalue weighted by Gasteiger charge is -2.19. The number of rotatable bonds is 6. The minimum atomic E-state index is -0.193. The summed E-state index contributed by atoms with van der Waals surface area (Å²) in [6.07, 6.45) is 4.85. The van der Waals surface area contributed by atoms with E-state index in [-0.39, 0.29) is 11.2 Å². The number of hydrogen-bond donors (Lipinski definition) is 2. The van der Waals surface area contributed by atoms with Crippen LogP contribution in [0.1, 0.15) is 24.0 Å². The van der Waals surface area contributed by atoms with Crippen LogP contribution in [0.25, 0.3) is 0 Å². The van der Waals surface area contributed by atoms with Crippen LogP contribution < -0.4 is 10.6 Å². The highest BCUT2D eigenvalue weighted by Gasteiger charge is 2.44. The van der Waals surface area contributed by atoms with Gasteiger partial charge >= 0.3 is 0 Å². The van der Waals surface area contributed by atoms with Crippen molar-refractivity contribution in [3.05, 3.63) is 64.7 Å². The van der Waals surface area contributed by atoms with Crippen molar-refractivity contribution >= 4 is 17.6 Å². The molecule has 25 heavy (non-hydrogen) atoms. The first-order valence-electron chi connectivity index (χ1n) is 8.42. The Kier molecular flexibility index (Phi) is 5.53. The van der Waals surface area contributed by atoms with Gasteiger partial charge < -0.3 is 10.6 Å². The Hall–Kier alpha value is -2.14. The van der Waals surface area contributed by atoms with E-state index in [1.54, 1.807) is 19.3 Å². The highest BCUT2D eigenvalue weighted by molar-refractivity contribution is 6.29. The molecule has 1 aromatic heterocycles. The summed E-state index contributed by atoms with van der Waals surface area (Å²) >= 11 is 5.79. The van der Waals surface area contributed by atoms with Crippen molar-refractivity contribution in [3.8, 4) is 0 Å². The molecule has 0 amide bonds. The average molecular weight is 361 g/mol. The number of pyridine rings is 1. The number of halogens is 2. The Morgan fingerprint density at radius 2 is 1.96 bits per heavy atom. The van der Waals surface area contributed by atoms with E-state index >= 15 is 0 Å². The third kappa shape index (κ3) is 4.69. The average Bonchev–Trinajstić information content (AvgIpc) is 3.41. The Labute approximate surface area is 152 Å². The maximum Gasteiger partial charge on any atom is 0.191 e. The predicted molar refractivity (Wildman–Crippen MR) is 99.6 cm³/mol. The second kappa shape index (κ2) is 7.83. The first kappa shape index (κ1) is 17.7. The van der Waals surface area contributed by atoms with Gasteiger partial charge in [0.1, 0.15) is 11.0 Å². The Bertz CT molecular complexity index is 724. The second-order valence-electron chi connectivity index (χ2n) is 6.38. The van der Waals surface area contributed by atoms with Crippen LogP contribution in [0, 0.1) is 5.82 Å². The van der Waals surface area contributed by atoms with Crippen molar-refractivity contribution in [1.82, 2.24) is 15.6 Å². The summed E-state index contributed by atoms with van der Waals surface area (Å²) in [5, 5.41) is 7.21. The van der Waals surface area contributed by atoms with Crippen LogP contribution in [0.3, 0.4) is 0 Å². The standard InChI is InChI=1S/C19H22ClFN4/c1-22-18(23-11-8-14-2-7-17(20)24-12-14)25-13-19(9-10-19)15-3-5-16(21)6-4-15/h2-7,12H,8-11,13H2,1H3,(H2,22,23,25). The third-order valence-corrected chi connectivity index (χ3v) is 4.85. The number of aliphatic imine (C=N–C) groups is 1. The van der Waals surface area contributed by atoms with Crippen molar-refractivity contribution in [2.75, 3.05) is 20.1 Å². The smallest absolute Gasteiger partial charge is 0.191 e. The molecule has 2 aromatic rings. The molecule has 132 valence electrons. The molecule has 0 radical (unpaired) electrons. The molecule has 1 fully saturated rings. The summed E-state index contributed by atoms with van der Waals surface area (Å²) in [4.78, 5) is 8.35. The summed E-state index contributed by atoms with van der Waals surface area (Å²) in [5.41, 5.74) is 2.41. The van der Waals surface area contributed by atoms with E-state index in [9.17, 15) is 4.39 Å². The minimum Gasteiger partial charge on any atom is -0.356 e. The SMILES string of the molecule is CN=C(NCCc1ccc(Cl)nc1)NCC1(c2ccc(F)cc2)CC1. The monoisotopic (exact) mass is 360 g/mol. The quantitative estimate of drug-likeness (QED) is 0.472. The summed E-state index contributed by atoms with van der Waals surface area (Å²) in [6.45, 7) is 1.55. The largest absolute Gasteiger partial charge is 0.356 e. The fourth-order valence-electron chi connectivity index (χ4n) is 2.87. The Balaban J connectivity index is 1.48. The number of aromatic nitrogens is 1. The maximum atomic E-state index is 13.1. The number of benzene rings is 1. The van der Waals surface area contributed by atoms with Gasteiger partial charge in [0.15, 0.2) is 5.96 Å². The molecule has 1 heterocycles. The van der Waals surface area contributed by atoms with Gasteiger partial charge in [-0.25, -0.2) is 9.37 Å². The second-order valence-corrected chi connectivity index (χ2v) is 6.77. The minimum absolute atomic E-state index is 0.103. The lowest BCUT2D eigenvalue weighted by molar-refractivity contribution is 0.617. The van der Waals surface area contributed by atoms with Crippen molar-refractivity contribution in [1.29, 1.82) is 0 Å². The summed E-state index contributed by atoms with van der Waals surface area (Å²) < 4.78 is 13.1. The highest BCUT2D eigenvalue weighted by Crippen LogP contribution is 2.47. The van der Waals surface area contributed by atoms with Crippen LogP contribution in [-0.4, -0.2) is 31.1 Å². The number of guanidine groups is 1. The fourth-order valence-corrected chi connectivity index (χ4v) is 2.99. The van der Waals surface area contributed by atoms with Crippen molar-refractivity contribution < 1.29 is 4.39 Å². The van der Waals surface area contributed by atoms with E-state index in [0.29, 0.717) is 5.15 Å². The molecule has 1 saturated carbocycles. The zero-order valence-electron chi connectivity index (χ0n) is 14.2. The molecule has 1 aliphatic rings. The molecule has 0 unspecified atom stereocenters. The molecule has 1 aliphatic carbocycles. The van der Waals surface area contributed by atoms with Gasteiger partial charge in [0.25, 0.3) is 0 Å². The molecule has 0 saturated heterocycles. The molecule has 0 aliphatic heterocycles. The fraction of sp³-hybridized carbons (Fsp3) is 0.368. The van der Waals surface area contributed by atoms with Gasteiger partial charge in [-0.3, -0.25) is 4.99 Å². The van der Waals surface area contributed by atoms with Gasteiger partial charge in [0.05, 0.1) is 0 Å². The first-order valence-corrected chi connectivity index (χ1v) is 8.80. The molecule has 0 atom stereocenters. The molecule has 1 aromatic carbocycles. The molecule has 0 bridgehead atoms. The van der Waals surface area contributed by atoms with E-state index in [1.165, 1.54) is 17.7 Å². The van der Waals surface area contributed by atoms with Gasteiger partial charge in [-0.15, -0.1) is 0 Å². The van der Waals surface area contributed by atoms with Gasteiger partial charge in [-0.1, -0.05) is 29.8 Å². The van der Waals surface area contributed by atoms with E-state index in [1.807, 2.05) is 18.2 Å². The van der Waals surface area contributed by atoms with Gasteiger partial charge in [0.2, 0.25) is 0 Å². The van der Waals surface area contributed by atoms with Gasteiger partial charge in [0, 0.05) is 31.7 Å². The van der Waals surface area contributed by atoms with Crippen LogP contribution in [0.4, 0.5) is 4.39 Å². The van der Waals surface area contributed by atoms with Crippen molar-refractivity contribution in [2.45, 2.75) is 24.7 Å². The van der Waals surface area contributed by atoms with Gasteiger partial charge in [-0.05, 0) is 48.6 Å². The zero-order chi connectivity index (χ0) is 17.7. The van der Waals surface area contributed by atoms with Crippen LogP contribution in [-0.2, 0) is 11.8 Å². The Morgan fingerprint density at radius 3 is 2.56 bits per heavy atom. The topological polar surface area (TPSA) is 49.3 Å². The number of nitrogens with zero attached hydrogens (tertiary/aromatic N) is 2. The highest BCUT2D eigenvalue weighted by atomic mass is 35.5. The zero-order valence-corrected chi connectivity index (χ0v) is 15.0. The Morgan fingerprint density at radius 1 is 1.20 bits per heavy atom. The number of nitrogens with one attached hydrogen (secondary N) is 2. The van der Waals surface area contributed by atoms with Crippen LogP contribution in [0.2, 0.25) is 5.15 Å². The predicted octanol–water partition coefficient (Wildman–Crippen LogP) is 3.31. The van der Waals surface area contributed by atoms with E-state index in [0.717, 1.165) is 43.9 Å². The maximum absolute atomic E-state index is 13.1. The molecule has 4 nitrogen and oxygen atoms in total. The summed E-state index contributed by atoms with van der Waals surface area (Å²) in [7, 11) is 1.76. The number of hydrogen-bond acceptors (Lipinski definition) is 2. The van der Waals surface area contributed by atoms with Crippen molar-refractivity contribution in [3.63, 3.8) is 0 Å². The first-order chi connectivity index (χ1) is 12.1. The third-order valence-electron chi connectivity index (χ3n) is 4.62. The van der Waals surface area contributed by atoms with Crippen LogP contribution in [0.15, 0.2) is 47.6 Å². The van der Waals surface area contributed by atoms with E-state index < -0.39 is 0 Å². The van der Waals surface area contributed by atoms with E-state index in [2.05, 4.69) is 20.6 Å². The molecule has 2 N–H and O–H groups in total. The molecule has 6 heteroatoms. The summed E-state index contributed by atoms with van der Waals surface area (Å²) in [6, 6.07) is 10.6. The molecule has 3 rings (SSSR count). The van der Waals surface area contributed by atoms with Crippen LogP contribution in [0.5, 0.6) is 0 Å². The van der Waals surface area contributed by atoms with E-state index in [4.69, 9.17) is 11.6 Å². The summed E-state index contributed by atoms with van der Waals surface area (Å²) in [5.74, 6) is 0.581. The molecular weight excluding hydrogens is 339 g/mol. The van der Waals surface area contributed by atoms with Crippen molar-refractivity contribution in [2.24, 2.45) is 4.99 Å². The molecular formula is C19H22ClFN4. The normalized spacial score (nSPS) is 15.7. The molecule has 0 spiro atoms. The van der Waals surface area contributed by atoms with Crippen LogP contribution >= 0.6 is 11.6 Å². The lowest BCUT2D eigenvalue weighted by atomic mass is 9.96. The van der Waals surface area contributed by atoms with Gasteiger partial charge in [-0.2, -0.15) is 0 Å².